The third kappa shape index (κ3) is 6.30. The molecule has 0 aliphatic carbocycles. The number of anilines is 1. The minimum absolute atomic E-state index is 0.211. The largest absolute Gasteiger partial charge is 0.357 e. The van der Waals surface area contributed by atoms with Crippen LogP contribution in [-0.4, -0.2) is 51.0 Å². The molecule has 168 valence electrons. The molecule has 2 rings (SSSR count). The number of nitrogens with one attached hydrogen (secondary N) is 1. The van der Waals surface area contributed by atoms with Gasteiger partial charge < -0.3 is 10.2 Å². The number of benzene rings is 2. The van der Waals surface area contributed by atoms with E-state index in [2.05, 4.69) is 5.32 Å². The first-order valence-corrected chi connectivity index (χ1v) is 12.0. The van der Waals surface area contributed by atoms with Crippen LogP contribution in [0.15, 0.2) is 48.5 Å². The van der Waals surface area contributed by atoms with E-state index in [1.165, 1.54) is 11.9 Å². The summed E-state index contributed by atoms with van der Waals surface area (Å²) in [6.45, 7) is 5.49. The molecule has 0 radical (unpaired) electrons. The van der Waals surface area contributed by atoms with Crippen LogP contribution >= 0.6 is 0 Å². The summed E-state index contributed by atoms with van der Waals surface area (Å²) in [5, 5.41) is 2.61. The van der Waals surface area contributed by atoms with Gasteiger partial charge in [0, 0.05) is 13.6 Å². The minimum Gasteiger partial charge on any atom is -0.357 e. The number of carbonyl (C=O) groups is 2. The van der Waals surface area contributed by atoms with E-state index >= 15 is 0 Å². The zero-order valence-electron chi connectivity index (χ0n) is 18.8. The molecule has 31 heavy (non-hydrogen) atoms. The summed E-state index contributed by atoms with van der Waals surface area (Å²) in [5.41, 5.74) is 3.28. The lowest BCUT2D eigenvalue weighted by Crippen LogP contribution is -2.51. The maximum absolute atomic E-state index is 13.4. The number of nitrogens with zero attached hydrogens (tertiary/aromatic N) is 2. The Bertz CT molecular complexity index is 1020. The van der Waals surface area contributed by atoms with Gasteiger partial charge in [-0.1, -0.05) is 48.9 Å². The van der Waals surface area contributed by atoms with Gasteiger partial charge in [-0.05, 0) is 43.5 Å². The van der Waals surface area contributed by atoms with Gasteiger partial charge in [0.25, 0.3) is 0 Å². The third-order valence-corrected chi connectivity index (χ3v) is 6.38. The van der Waals surface area contributed by atoms with E-state index in [-0.39, 0.29) is 19.0 Å². The van der Waals surface area contributed by atoms with Crippen molar-refractivity contribution in [2.75, 3.05) is 24.2 Å². The van der Waals surface area contributed by atoms with Crippen LogP contribution in [0, 0.1) is 13.8 Å². The zero-order valence-corrected chi connectivity index (χ0v) is 19.6. The van der Waals surface area contributed by atoms with Crippen molar-refractivity contribution in [3.8, 4) is 0 Å². The van der Waals surface area contributed by atoms with E-state index in [1.54, 1.807) is 24.3 Å². The van der Waals surface area contributed by atoms with Gasteiger partial charge in [-0.2, -0.15) is 0 Å². The van der Waals surface area contributed by atoms with E-state index in [9.17, 15) is 18.0 Å². The van der Waals surface area contributed by atoms with Crippen LogP contribution in [0.2, 0.25) is 0 Å². The molecule has 0 unspecified atom stereocenters. The topological polar surface area (TPSA) is 86.8 Å². The molecule has 0 aliphatic heterocycles. The van der Waals surface area contributed by atoms with Crippen molar-refractivity contribution < 1.29 is 18.0 Å². The van der Waals surface area contributed by atoms with Gasteiger partial charge in [-0.25, -0.2) is 8.42 Å². The number of amides is 2. The van der Waals surface area contributed by atoms with E-state index in [0.29, 0.717) is 12.1 Å². The monoisotopic (exact) mass is 445 g/mol. The van der Waals surface area contributed by atoms with E-state index in [0.717, 1.165) is 27.3 Å². The highest BCUT2D eigenvalue weighted by atomic mass is 32.2. The second-order valence-corrected chi connectivity index (χ2v) is 9.50. The van der Waals surface area contributed by atoms with Crippen molar-refractivity contribution in [3.63, 3.8) is 0 Å². The number of carbonyl (C=O) groups excluding carboxylic acids is 2. The van der Waals surface area contributed by atoms with Crippen LogP contribution in [0.4, 0.5) is 5.69 Å². The third-order valence-electron chi connectivity index (χ3n) is 5.24. The lowest BCUT2D eigenvalue weighted by molar-refractivity contribution is -0.140. The Labute approximate surface area is 185 Å². The number of likely N-dealkylation sites (N-methyl/N-ethyl adjacent to an activating group) is 1. The van der Waals surface area contributed by atoms with Crippen LogP contribution in [0.1, 0.15) is 30.0 Å². The Hall–Kier alpha value is -2.87. The van der Waals surface area contributed by atoms with E-state index < -0.39 is 22.0 Å². The summed E-state index contributed by atoms with van der Waals surface area (Å²) in [6, 6.07) is 13.8. The average molecular weight is 446 g/mol. The highest BCUT2D eigenvalue weighted by Gasteiger charge is 2.31. The molecule has 0 saturated heterocycles. The van der Waals surface area contributed by atoms with Crippen LogP contribution in [0.3, 0.4) is 0 Å². The maximum atomic E-state index is 13.4. The molecule has 8 heteroatoms. The quantitative estimate of drug-likeness (QED) is 0.643. The molecule has 7 nitrogen and oxygen atoms in total. The Balaban J connectivity index is 2.43. The predicted molar refractivity (Wildman–Crippen MR) is 123 cm³/mol. The fraction of sp³-hybridized carbons (Fsp3) is 0.391. The van der Waals surface area contributed by atoms with Crippen molar-refractivity contribution >= 4 is 27.5 Å². The van der Waals surface area contributed by atoms with Crippen molar-refractivity contribution in [1.82, 2.24) is 10.2 Å². The van der Waals surface area contributed by atoms with Gasteiger partial charge >= 0.3 is 0 Å². The molecule has 0 bridgehead atoms. The van der Waals surface area contributed by atoms with Crippen LogP contribution < -0.4 is 9.62 Å². The highest BCUT2D eigenvalue weighted by molar-refractivity contribution is 7.92. The summed E-state index contributed by atoms with van der Waals surface area (Å²) >= 11 is 0. The Morgan fingerprint density at radius 2 is 1.65 bits per heavy atom. The summed E-state index contributed by atoms with van der Waals surface area (Å²) in [6.07, 6.45) is 1.47. The van der Waals surface area contributed by atoms with Crippen molar-refractivity contribution in [3.05, 3.63) is 65.2 Å². The molecule has 1 N–H and O–H groups in total. The number of sulfonamides is 1. The second kappa shape index (κ2) is 10.4. The van der Waals surface area contributed by atoms with Gasteiger partial charge in [0.15, 0.2) is 0 Å². The first kappa shape index (κ1) is 24.4. The van der Waals surface area contributed by atoms with Gasteiger partial charge in [-0.15, -0.1) is 0 Å². The minimum atomic E-state index is -3.71. The summed E-state index contributed by atoms with van der Waals surface area (Å²) in [5.74, 6) is -0.727. The van der Waals surface area contributed by atoms with Crippen LogP contribution in [-0.2, 0) is 26.2 Å². The molecule has 0 aliphatic rings. The Morgan fingerprint density at radius 3 is 2.16 bits per heavy atom. The summed E-state index contributed by atoms with van der Waals surface area (Å²) in [4.78, 5) is 27.4. The lowest BCUT2D eigenvalue weighted by Gasteiger charge is -2.33. The molecule has 0 aromatic heterocycles. The normalized spacial score (nSPS) is 12.2. The number of aryl methyl sites for hydroxylation is 2. The predicted octanol–water partition coefficient (Wildman–Crippen LogP) is 2.62. The Morgan fingerprint density at radius 1 is 1.03 bits per heavy atom. The second-order valence-electron chi connectivity index (χ2n) is 7.59. The fourth-order valence-corrected chi connectivity index (χ4v) is 4.23. The zero-order chi connectivity index (χ0) is 23.2. The van der Waals surface area contributed by atoms with Crippen molar-refractivity contribution in [2.24, 2.45) is 0 Å². The van der Waals surface area contributed by atoms with Crippen molar-refractivity contribution in [1.29, 1.82) is 0 Å². The Kier molecular flexibility index (Phi) is 8.21. The van der Waals surface area contributed by atoms with Crippen LogP contribution in [0.5, 0.6) is 0 Å². The first-order chi connectivity index (χ1) is 14.6. The first-order valence-electron chi connectivity index (χ1n) is 10.2. The molecule has 2 amide bonds. The number of rotatable bonds is 9. The molecule has 0 saturated carbocycles. The standard InChI is InChI=1S/C23H31N3O4S/c1-6-21(23(28)24-4)25(15-19-10-8-7-9-18(19)3)22(27)16-26(31(5,29)30)20-13-11-17(2)12-14-20/h7-14,21H,6,15-16H2,1-5H3,(H,24,28)/t21-/m1/s1. The molecule has 0 heterocycles. The van der Waals surface area contributed by atoms with Gasteiger partial charge in [-0.3, -0.25) is 13.9 Å². The van der Waals surface area contributed by atoms with Crippen molar-refractivity contribution in [2.45, 2.75) is 39.8 Å². The smallest absolute Gasteiger partial charge is 0.244 e. The van der Waals surface area contributed by atoms with Gasteiger partial charge in [0.1, 0.15) is 12.6 Å². The summed E-state index contributed by atoms with van der Waals surface area (Å²) < 4.78 is 26.1. The SMILES string of the molecule is CC[C@H](C(=O)NC)N(Cc1ccccc1C)C(=O)CN(c1ccc(C)cc1)S(C)(=O)=O. The maximum Gasteiger partial charge on any atom is 0.244 e. The molecule has 2 aromatic rings. The fourth-order valence-electron chi connectivity index (χ4n) is 3.38. The molecular formula is C23H31N3O4S. The van der Waals surface area contributed by atoms with E-state index in [1.807, 2.05) is 45.0 Å². The number of hydrogen-bond donors (Lipinski definition) is 1. The van der Waals surface area contributed by atoms with Gasteiger partial charge in [0.2, 0.25) is 21.8 Å². The molecular weight excluding hydrogens is 414 g/mol. The molecule has 0 fully saturated rings. The molecule has 0 spiro atoms. The molecule has 2 aromatic carbocycles. The van der Waals surface area contributed by atoms with Crippen LogP contribution in [0.25, 0.3) is 0 Å². The van der Waals surface area contributed by atoms with Gasteiger partial charge in [0.05, 0.1) is 11.9 Å². The highest BCUT2D eigenvalue weighted by Crippen LogP contribution is 2.21. The lowest BCUT2D eigenvalue weighted by atomic mass is 10.1. The number of hydrogen-bond acceptors (Lipinski definition) is 4. The van der Waals surface area contributed by atoms with E-state index in [4.69, 9.17) is 0 Å². The molecule has 1 atom stereocenters. The average Bonchev–Trinajstić information content (AvgIpc) is 2.72. The summed E-state index contributed by atoms with van der Waals surface area (Å²) in [7, 11) is -2.19.